The van der Waals surface area contributed by atoms with Gasteiger partial charge in [-0.25, -0.2) is 0 Å². The van der Waals surface area contributed by atoms with E-state index in [0.717, 1.165) is 0 Å². The van der Waals surface area contributed by atoms with Crippen molar-refractivity contribution in [2.75, 3.05) is 0 Å². The molecule has 0 atom stereocenters. The van der Waals surface area contributed by atoms with Crippen LogP contribution in [-0.4, -0.2) is 11.9 Å². The van der Waals surface area contributed by atoms with Crippen LogP contribution in [0, 0.1) is 0 Å². The van der Waals surface area contributed by atoms with Crippen LogP contribution < -0.4 is 38.5 Å². The van der Waals surface area contributed by atoms with Crippen LogP contribution in [0.5, 0.6) is 0 Å². The van der Waals surface area contributed by atoms with Crippen molar-refractivity contribution in [1.29, 1.82) is 0 Å². The Labute approximate surface area is 223 Å². The predicted molar refractivity (Wildman–Crippen MR) is 131 cm³/mol. The maximum Gasteiger partial charge on any atom is -1.00 e. The second kappa shape index (κ2) is 12.1. The molecule has 4 aromatic rings. The largest absolute Gasteiger partial charge is 1.00 e. The van der Waals surface area contributed by atoms with Gasteiger partial charge in [-0.1, -0.05) is 0 Å². The average molecular weight is 670 g/mol. The Kier molecular flexibility index (Phi) is 9.49. The summed E-state index contributed by atoms with van der Waals surface area (Å²) in [6.07, 6.45) is 0.537. The topological polar surface area (TPSA) is 29.1 Å². The molecule has 0 radical (unpaired) electrons. The molecule has 5 rings (SSSR count). The van der Waals surface area contributed by atoms with Gasteiger partial charge in [0.25, 0.3) is 0 Å². The van der Waals surface area contributed by atoms with E-state index < -0.39 is 26.9 Å². The number of nitrogens with one attached hydrogen (secondary N) is 1. The summed E-state index contributed by atoms with van der Waals surface area (Å²) in [5.74, 6) is -1.42. The van der Waals surface area contributed by atoms with E-state index >= 15 is 0 Å². The molecule has 0 heterocycles. The minimum atomic E-state index is -2.87. The number of amides is 1. The van der Waals surface area contributed by atoms with Crippen molar-refractivity contribution in [2.24, 2.45) is 0 Å². The van der Waals surface area contributed by atoms with Crippen LogP contribution in [0.2, 0.25) is 0 Å². The summed E-state index contributed by atoms with van der Waals surface area (Å²) in [5.41, 5.74) is 5.51. The Balaban J connectivity index is 0.00000162. The normalized spacial score (nSPS) is 11.6. The number of rotatable bonds is 6. The summed E-state index contributed by atoms with van der Waals surface area (Å²) in [5, 5.41) is 2.89. The molecule has 0 fully saturated rings. The molecule has 1 aliphatic rings. The van der Waals surface area contributed by atoms with Crippen LogP contribution in [-0.2, 0) is 25.7 Å². The van der Waals surface area contributed by atoms with E-state index in [1.165, 1.54) is 32.6 Å². The van der Waals surface area contributed by atoms with Crippen molar-refractivity contribution in [3.63, 3.8) is 0 Å². The van der Waals surface area contributed by atoms with Crippen LogP contribution >= 0.6 is 0 Å². The van der Waals surface area contributed by atoms with E-state index in [2.05, 4.69) is 112 Å². The molecule has 0 spiro atoms. The molecule has 6 heteroatoms. The Morgan fingerprint density at radius 2 is 1.12 bits per heavy atom. The molecular weight excluding hydrogens is 644 g/mol. The van der Waals surface area contributed by atoms with Gasteiger partial charge in [-0.2, -0.15) is 0 Å². The zero-order chi connectivity index (χ0) is 21.9. The summed E-state index contributed by atoms with van der Waals surface area (Å²) in [4.78, 5) is 12.9. The summed E-state index contributed by atoms with van der Waals surface area (Å²) >= 11 is -2.87. The second-order valence-electron chi connectivity index (χ2n) is 8.22. The van der Waals surface area contributed by atoms with Gasteiger partial charge in [0.2, 0.25) is 0 Å². The van der Waals surface area contributed by atoms with E-state index in [1.54, 1.807) is 0 Å². The van der Waals surface area contributed by atoms with Crippen LogP contribution in [0.25, 0.3) is 11.1 Å². The fourth-order valence-electron chi connectivity index (χ4n) is 4.89. The Morgan fingerprint density at radius 1 is 0.706 bits per heavy atom. The number of carbonyl (C=O) groups excluding carboxylic acids is 1. The first-order valence-corrected chi connectivity index (χ1v) is 23.0. The van der Waals surface area contributed by atoms with Gasteiger partial charge in [0.05, 0.1) is 0 Å². The molecule has 4 aromatic carbocycles. The smallest absolute Gasteiger partial charge is 1.00 e. The molecular formula is C28H26Cl2HfNOSi. The van der Waals surface area contributed by atoms with Gasteiger partial charge in [-0.3, -0.25) is 0 Å². The van der Waals surface area contributed by atoms with E-state index in [4.69, 9.17) is 0 Å². The SMILES string of the molecule is CCC(=O)[NH][Hf+2]([CH]1c2ccccc2-c2ccccc21)[SiH](c1ccccc1)c1ccccc1.[Cl-].[Cl-]. The fraction of sp³-hybridized carbons (Fsp3) is 0.107. The van der Waals surface area contributed by atoms with E-state index in [1.807, 2.05) is 6.92 Å². The molecule has 1 amide bonds. The molecule has 171 valence electrons. The molecule has 1 N–H and O–H groups in total. The van der Waals surface area contributed by atoms with Crippen LogP contribution in [0.1, 0.15) is 28.1 Å². The van der Waals surface area contributed by atoms with Crippen molar-refractivity contribution in [1.82, 2.24) is 3.30 Å². The number of fused-ring (bicyclic) bond motifs is 3. The van der Waals surface area contributed by atoms with Crippen LogP contribution in [0.3, 0.4) is 0 Å². The minimum absolute atomic E-state index is 0. The molecule has 1 aliphatic carbocycles. The molecule has 0 aliphatic heterocycles. The molecule has 0 unspecified atom stereocenters. The molecule has 0 bridgehead atoms. The molecule has 0 saturated carbocycles. The van der Waals surface area contributed by atoms with Gasteiger partial charge in [0.15, 0.2) is 0 Å². The average Bonchev–Trinajstić information content (AvgIpc) is 3.19. The number of benzene rings is 4. The quantitative estimate of drug-likeness (QED) is 0.246. The van der Waals surface area contributed by atoms with Crippen molar-refractivity contribution in [3.05, 3.63) is 120 Å². The second-order valence-corrected chi connectivity index (χ2v) is 28.0. The summed E-state index contributed by atoms with van der Waals surface area (Å²) < 4.78 is 4.07. The minimum Gasteiger partial charge on any atom is -1.00 e. The van der Waals surface area contributed by atoms with Crippen LogP contribution in [0.15, 0.2) is 109 Å². The zero-order valence-electron chi connectivity index (χ0n) is 18.9. The molecule has 34 heavy (non-hydrogen) atoms. The van der Waals surface area contributed by atoms with E-state index in [-0.39, 0.29) is 30.7 Å². The third-order valence-corrected chi connectivity index (χ3v) is 33.4. The molecule has 0 saturated heterocycles. The first-order chi connectivity index (χ1) is 15.8. The number of hydrogen-bond acceptors (Lipinski definition) is 1. The fourth-order valence-corrected chi connectivity index (χ4v) is 35.5. The molecule has 2 nitrogen and oxygen atoms in total. The predicted octanol–water partition coefficient (Wildman–Crippen LogP) is -1.64. The van der Waals surface area contributed by atoms with Gasteiger partial charge in [-0.15, -0.1) is 0 Å². The number of carbonyl (C=O) groups is 1. The Morgan fingerprint density at radius 3 is 1.56 bits per heavy atom. The zero-order valence-corrected chi connectivity index (χ0v) is 25.2. The third kappa shape index (κ3) is 5.16. The third-order valence-electron chi connectivity index (χ3n) is 6.33. The monoisotopic (exact) mass is 670 g/mol. The van der Waals surface area contributed by atoms with E-state index in [0.29, 0.717) is 10.1 Å². The summed E-state index contributed by atoms with van der Waals surface area (Å²) in [7, 11) is 0. The number of halogens is 2. The van der Waals surface area contributed by atoms with Gasteiger partial charge in [-0.05, 0) is 0 Å². The first-order valence-electron chi connectivity index (χ1n) is 11.2. The molecule has 0 aromatic heterocycles. The maximum absolute atomic E-state index is 12.9. The Bertz CT molecular complexity index is 1150. The van der Waals surface area contributed by atoms with E-state index in [9.17, 15) is 4.79 Å². The van der Waals surface area contributed by atoms with Gasteiger partial charge in [0, 0.05) is 0 Å². The standard InChI is InChI=1S/C13H9.C12H11Si.C3H7NO.2ClH.Hf/c1-3-7-12-10(5-1)9-11-6-2-4-8-13(11)12;1-3-7-11(8-4-1)13-12-9-5-2-6-10-12;1-2-3(4)5;;;/h1-9H;1-10,13H;2H2,1H3,(H2,4,5);2*1H;/q;;;;;+3/p-3. The van der Waals surface area contributed by atoms with Gasteiger partial charge >= 0.3 is 200 Å². The van der Waals surface area contributed by atoms with Crippen LogP contribution in [0.4, 0.5) is 0 Å². The van der Waals surface area contributed by atoms with Crippen molar-refractivity contribution < 1.29 is 50.5 Å². The van der Waals surface area contributed by atoms with Crippen molar-refractivity contribution in [2.45, 2.75) is 17.0 Å². The van der Waals surface area contributed by atoms with Gasteiger partial charge in [0.1, 0.15) is 0 Å². The van der Waals surface area contributed by atoms with Crippen molar-refractivity contribution in [3.8, 4) is 11.1 Å². The summed E-state index contributed by atoms with van der Waals surface area (Å²) in [6.45, 7) is 1.97. The Hall–Kier alpha value is -1.98. The first kappa shape index (κ1) is 26.6. The maximum atomic E-state index is 12.9. The van der Waals surface area contributed by atoms with Gasteiger partial charge < -0.3 is 24.8 Å². The van der Waals surface area contributed by atoms with Crippen molar-refractivity contribution >= 4 is 22.3 Å². The summed E-state index contributed by atoms with van der Waals surface area (Å²) in [6, 6.07) is 39.6. The number of hydrogen-bond donors (Lipinski definition) is 1.